The topological polar surface area (TPSA) is 38.3 Å². The van der Waals surface area contributed by atoms with Gasteiger partial charge in [0.1, 0.15) is 0 Å². The highest BCUT2D eigenvalue weighted by atomic mass is 16.5. The monoisotopic (exact) mass is 193 g/mol. The minimum absolute atomic E-state index is 0.167. The Balaban J connectivity index is 2.54. The second kappa shape index (κ2) is 5.27. The van der Waals surface area contributed by atoms with E-state index < -0.39 is 0 Å². The van der Waals surface area contributed by atoms with E-state index in [1.165, 1.54) is 7.11 Å². The van der Waals surface area contributed by atoms with Gasteiger partial charge in [-0.3, -0.25) is 4.79 Å². The molecule has 0 atom stereocenters. The fourth-order valence-corrected chi connectivity index (χ4v) is 1.23. The third-order valence-corrected chi connectivity index (χ3v) is 2.06. The molecule has 0 aliphatic rings. The maximum absolute atomic E-state index is 10.9. The van der Waals surface area contributed by atoms with Crippen LogP contribution in [0.25, 0.3) is 0 Å². The number of aryl methyl sites for hydroxylation is 1. The Morgan fingerprint density at radius 2 is 2.29 bits per heavy atom. The summed E-state index contributed by atoms with van der Waals surface area (Å²) in [6, 6.07) is 7.99. The van der Waals surface area contributed by atoms with Crippen molar-refractivity contribution >= 4 is 11.7 Å². The third-order valence-electron chi connectivity index (χ3n) is 2.06. The summed E-state index contributed by atoms with van der Waals surface area (Å²) in [5.74, 6) is -0.167. The number of methoxy groups -OCH3 is 1. The van der Waals surface area contributed by atoms with Crippen molar-refractivity contribution in [1.82, 2.24) is 0 Å². The molecular formula is C11H15NO2. The number of ether oxygens (including phenoxy) is 1. The molecule has 0 bridgehead atoms. The van der Waals surface area contributed by atoms with Crippen molar-refractivity contribution in [3.8, 4) is 0 Å². The van der Waals surface area contributed by atoms with Crippen molar-refractivity contribution in [2.75, 3.05) is 19.5 Å². The van der Waals surface area contributed by atoms with Gasteiger partial charge >= 0.3 is 5.97 Å². The Bertz CT molecular complexity index is 310. The lowest BCUT2D eigenvalue weighted by atomic mass is 10.1. The number of esters is 1. The highest BCUT2D eigenvalue weighted by Gasteiger charge is 2.01. The van der Waals surface area contributed by atoms with E-state index in [1.807, 2.05) is 31.3 Å². The standard InChI is InChI=1S/C11H15NO2/c1-12-10-5-3-4-9(8-10)6-7-11(13)14-2/h3-5,8,12H,6-7H2,1-2H3. The molecule has 0 aliphatic heterocycles. The predicted molar refractivity (Wildman–Crippen MR) is 56.3 cm³/mol. The summed E-state index contributed by atoms with van der Waals surface area (Å²) in [5.41, 5.74) is 2.20. The summed E-state index contributed by atoms with van der Waals surface area (Å²) < 4.78 is 4.57. The van der Waals surface area contributed by atoms with Crippen LogP contribution in [0.15, 0.2) is 24.3 Å². The van der Waals surface area contributed by atoms with Crippen molar-refractivity contribution in [2.24, 2.45) is 0 Å². The molecule has 76 valence electrons. The van der Waals surface area contributed by atoms with E-state index in [9.17, 15) is 4.79 Å². The van der Waals surface area contributed by atoms with Gasteiger partial charge < -0.3 is 10.1 Å². The molecule has 3 nitrogen and oxygen atoms in total. The van der Waals surface area contributed by atoms with Crippen molar-refractivity contribution in [1.29, 1.82) is 0 Å². The molecule has 0 fully saturated rings. The Morgan fingerprint density at radius 1 is 1.50 bits per heavy atom. The Labute approximate surface area is 84.1 Å². The van der Waals surface area contributed by atoms with Crippen LogP contribution in [0.4, 0.5) is 5.69 Å². The van der Waals surface area contributed by atoms with E-state index in [2.05, 4.69) is 10.1 Å². The van der Waals surface area contributed by atoms with Gasteiger partial charge in [-0.1, -0.05) is 12.1 Å². The normalized spacial score (nSPS) is 9.57. The largest absolute Gasteiger partial charge is 0.469 e. The van der Waals surface area contributed by atoms with Crippen LogP contribution >= 0.6 is 0 Å². The molecule has 0 heterocycles. The molecule has 0 radical (unpaired) electrons. The first kappa shape index (κ1) is 10.6. The van der Waals surface area contributed by atoms with E-state index in [4.69, 9.17) is 0 Å². The van der Waals surface area contributed by atoms with Gasteiger partial charge in [-0.2, -0.15) is 0 Å². The van der Waals surface area contributed by atoms with Crippen molar-refractivity contribution in [3.63, 3.8) is 0 Å². The molecule has 0 aliphatic carbocycles. The van der Waals surface area contributed by atoms with Crippen LogP contribution in [0.5, 0.6) is 0 Å². The minimum atomic E-state index is -0.167. The number of benzene rings is 1. The fraction of sp³-hybridized carbons (Fsp3) is 0.364. The minimum Gasteiger partial charge on any atom is -0.469 e. The molecule has 0 aromatic heterocycles. The van der Waals surface area contributed by atoms with E-state index >= 15 is 0 Å². The van der Waals surface area contributed by atoms with Crippen molar-refractivity contribution in [3.05, 3.63) is 29.8 Å². The first-order valence-electron chi connectivity index (χ1n) is 4.59. The lowest BCUT2D eigenvalue weighted by Gasteiger charge is -2.03. The van der Waals surface area contributed by atoms with Crippen LogP contribution < -0.4 is 5.32 Å². The SMILES string of the molecule is CNc1cccc(CCC(=O)OC)c1. The second-order valence-corrected chi connectivity index (χ2v) is 3.03. The highest BCUT2D eigenvalue weighted by molar-refractivity contribution is 5.69. The molecule has 14 heavy (non-hydrogen) atoms. The van der Waals surface area contributed by atoms with Crippen LogP contribution in [0.2, 0.25) is 0 Å². The average Bonchev–Trinajstić information content (AvgIpc) is 2.26. The Morgan fingerprint density at radius 3 is 2.93 bits per heavy atom. The van der Waals surface area contributed by atoms with Gasteiger partial charge in [0.05, 0.1) is 7.11 Å². The highest BCUT2D eigenvalue weighted by Crippen LogP contribution is 2.11. The van der Waals surface area contributed by atoms with Gasteiger partial charge in [-0.15, -0.1) is 0 Å². The smallest absolute Gasteiger partial charge is 0.305 e. The van der Waals surface area contributed by atoms with Gasteiger partial charge in [0.25, 0.3) is 0 Å². The van der Waals surface area contributed by atoms with Crippen LogP contribution in [0.3, 0.4) is 0 Å². The zero-order valence-electron chi connectivity index (χ0n) is 8.54. The van der Waals surface area contributed by atoms with Gasteiger partial charge in [0, 0.05) is 19.2 Å². The second-order valence-electron chi connectivity index (χ2n) is 3.03. The number of hydrogen-bond donors (Lipinski definition) is 1. The summed E-state index contributed by atoms with van der Waals surface area (Å²) in [5, 5.41) is 3.05. The summed E-state index contributed by atoms with van der Waals surface area (Å²) >= 11 is 0. The summed E-state index contributed by atoms with van der Waals surface area (Å²) in [6.07, 6.45) is 1.16. The van der Waals surface area contributed by atoms with Gasteiger partial charge in [-0.25, -0.2) is 0 Å². The lowest BCUT2D eigenvalue weighted by Crippen LogP contribution is -2.02. The molecule has 1 aromatic rings. The van der Waals surface area contributed by atoms with E-state index in [-0.39, 0.29) is 5.97 Å². The maximum Gasteiger partial charge on any atom is 0.305 e. The van der Waals surface area contributed by atoms with Crippen LogP contribution in [-0.2, 0) is 16.0 Å². The van der Waals surface area contributed by atoms with Crippen LogP contribution in [0, 0.1) is 0 Å². The van der Waals surface area contributed by atoms with E-state index in [1.54, 1.807) is 0 Å². The van der Waals surface area contributed by atoms with Crippen LogP contribution in [-0.4, -0.2) is 20.1 Å². The third kappa shape index (κ3) is 3.09. The molecule has 1 aromatic carbocycles. The summed E-state index contributed by atoms with van der Waals surface area (Å²) in [7, 11) is 3.28. The lowest BCUT2D eigenvalue weighted by molar-refractivity contribution is -0.140. The van der Waals surface area contributed by atoms with E-state index in [0.717, 1.165) is 17.7 Å². The molecule has 0 unspecified atom stereocenters. The molecule has 0 amide bonds. The number of carbonyl (C=O) groups excluding carboxylic acids is 1. The molecule has 3 heteroatoms. The van der Waals surface area contributed by atoms with Gasteiger partial charge in [-0.05, 0) is 24.1 Å². The number of anilines is 1. The Hall–Kier alpha value is -1.51. The van der Waals surface area contributed by atoms with Crippen LogP contribution in [0.1, 0.15) is 12.0 Å². The number of nitrogens with one attached hydrogen (secondary N) is 1. The zero-order valence-corrected chi connectivity index (χ0v) is 8.54. The maximum atomic E-state index is 10.9. The molecular weight excluding hydrogens is 178 g/mol. The van der Waals surface area contributed by atoms with Crippen molar-refractivity contribution < 1.29 is 9.53 Å². The zero-order chi connectivity index (χ0) is 10.4. The summed E-state index contributed by atoms with van der Waals surface area (Å²) in [6.45, 7) is 0. The van der Waals surface area contributed by atoms with Gasteiger partial charge in [0.15, 0.2) is 0 Å². The average molecular weight is 193 g/mol. The van der Waals surface area contributed by atoms with Crippen molar-refractivity contribution in [2.45, 2.75) is 12.8 Å². The van der Waals surface area contributed by atoms with E-state index in [0.29, 0.717) is 6.42 Å². The molecule has 1 rings (SSSR count). The summed E-state index contributed by atoms with van der Waals surface area (Å²) in [4.78, 5) is 10.9. The quantitative estimate of drug-likeness (QED) is 0.741. The Kier molecular flexibility index (Phi) is 3.98. The number of carbonyl (C=O) groups is 1. The predicted octanol–water partition coefficient (Wildman–Crippen LogP) is 1.83. The molecule has 0 spiro atoms. The van der Waals surface area contributed by atoms with Gasteiger partial charge in [0.2, 0.25) is 0 Å². The molecule has 0 saturated carbocycles. The number of rotatable bonds is 4. The fourth-order valence-electron chi connectivity index (χ4n) is 1.23. The molecule has 1 N–H and O–H groups in total. The first-order chi connectivity index (χ1) is 6.76. The first-order valence-corrected chi connectivity index (χ1v) is 4.59. The number of hydrogen-bond acceptors (Lipinski definition) is 3. The molecule has 0 saturated heterocycles.